The topological polar surface area (TPSA) is 99.1 Å². The molecule has 2 aromatic rings. The Morgan fingerprint density at radius 2 is 2.16 bits per heavy atom. The molecule has 2 aliphatic rings. The minimum Gasteiger partial charge on any atom is -0.394 e. The van der Waals surface area contributed by atoms with Crippen molar-refractivity contribution in [3.05, 3.63) is 12.7 Å². The van der Waals surface area contributed by atoms with Gasteiger partial charge in [-0.3, -0.25) is 4.57 Å². The predicted octanol–water partition coefficient (Wildman–Crippen LogP) is 0.324. The van der Waals surface area contributed by atoms with Crippen LogP contribution in [0.5, 0.6) is 0 Å². The second-order valence-corrected chi connectivity index (χ2v) is 5.24. The van der Waals surface area contributed by atoms with Crippen molar-refractivity contribution in [3.8, 4) is 0 Å². The first-order valence-electron chi connectivity index (χ1n) is 6.49. The van der Waals surface area contributed by atoms with Gasteiger partial charge >= 0.3 is 0 Å². The third-order valence-electron chi connectivity index (χ3n) is 4.38. The molecule has 100 valence electrons. The normalized spacial score (nSPS) is 33.3. The maximum absolute atomic E-state index is 9.37. The molecular weight excluding hydrogens is 246 g/mol. The summed E-state index contributed by atoms with van der Waals surface area (Å²) in [4.78, 5) is 12.5. The van der Waals surface area contributed by atoms with E-state index in [9.17, 15) is 5.11 Å². The van der Waals surface area contributed by atoms with Gasteiger partial charge in [0, 0.05) is 5.92 Å². The van der Waals surface area contributed by atoms with Gasteiger partial charge in [0.05, 0.1) is 19.0 Å². The van der Waals surface area contributed by atoms with Crippen molar-refractivity contribution in [3.63, 3.8) is 0 Å². The summed E-state index contributed by atoms with van der Waals surface area (Å²) in [6.07, 6.45) is 5.21. The first-order valence-corrected chi connectivity index (χ1v) is 6.49. The fourth-order valence-electron chi connectivity index (χ4n) is 3.25. The van der Waals surface area contributed by atoms with E-state index in [0.717, 1.165) is 12.8 Å². The average Bonchev–Trinajstić information content (AvgIpc) is 2.89. The number of aliphatic hydroxyl groups excluding tert-OH is 1. The predicted molar refractivity (Wildman–Crippen MR) is 66.9 cm³/mol. The van der Waals surface area contributed by atoms with E-state index in [2.05, 4.69) is 15.0 Å². The Morgan fingerprint density at radius 1 is 1.32 bits per heavy atom. The van der Waals surface area contributed by atoms with Gasteiger partial charge in [0.1, 0.15) is 18.1 Å². The number of nitrogens with zero attached hydrogens (tertiary/aromatic N) is 4. The van der Waals surface area contributed by atoms with E-state index in [1.54, 1.807) is 6.33 Å². The van der Waals surface area contributed by atoms with Gasteiger partial charge in [-0.15, -0.1) is 0 Å². The molecule has 1 aliphatic heterocycles. The van der Waals surface area contributed by atoms with Crippen LogP contribution < -0.4 is 5.73 Å². The quantitative estimate of drug-likeness (QED) is 0.808. The Labute approximate surface area is 109 Å². The van der Waals surface area contributed by atoms with Crippen molar-refractivity contribution in [1.29, 1.82) is 0 Å². The number of rotatable bonds is 2. The lowest BCUT2D eigenvalue weighted by atomic mass is 9.72. The van der Waals surface area contributed by atoms with Gasteiger partial charge < -0.3 is 15.6 Å². The number of hydrogen-bond acceptors (Lipinski definition) is 6. The molecule has 4 rings (SSSR count). The third-order valence-corrected chi connectivity index (χ3v) is 4.38. The molecule has 0 aromatic carbocycles. The molecule has 7 nitrogen and oxygen atoms in total. The van der Waals surface area contributed by atoms with Gasteiger partial charge in [0.15, 0.2) is 11.5 Å². The molecule has 7 heteroatoms. The van der Waals surface area contributed by atoms with Gasteiger partial charge in [-0.05, 0) is 18.8 Å². The van der Waals surface area contributed by atoms with Crippen molar-refractivity contribution in [2.75, 3.05) is 12.3 Å². The van der Waals surface area contributed by atoms with Gasteiger partial charge in [0.25, 0.3) is 0 Å². The van der Waals surface area contributed by atoms with Crippen molar-refractivity contribution in [1.82, 2.24) is 19.5 Å². The molecular formula is C12H15N5O2. The molecule has 3 heterocycles. The van der Waals surface area contributed by atoms with E-state index >= 15 is 0 Å². The van der Waals surface area contributed by atoms with Gasteiger partial charge in [-0.2, -0.15) is 0 Å². The van der Waals surface area contributed by atoms with Crippen LogP contribution in [0.4, 0.5) is 5.82 Å². The highest BCUT2D eigenvalue weighted by Crippen LogP contribution is 2.52. The molecule has 0 bridgehead atoms. The molecule has 0 amide bonds. The van der Waals surface area contributed by atoms with Crippen LogP contribution in [0.15, 0.2) is 12.7 Å². The zero-order valence-electron chi connectivity index (χ0n) is 10.3. The van der Waals surface area contributed by atoms with E-state index in [1.165, 1.54) is 6.33 Å². The number of ether oxygens (including phenoxy) is 1. The molecule has 1 saturated heterocycles. The van der Waals surface area contributed by atoms with E-state index in [-0.39, 0.29) is 18.9 Å². The van der Waals surface area contributed by atoms with E-state index < -0.39 is 0 Å². The molecule has 0 radical (unpaired) electrons. The Hall–Kier alpha value is -1.73. The molecule has 4 atom stereocenters. The summed E-state index contributed by atoms with van der Waals surface area (Å²) in [6, 6.07) is 0. The van der Waals surface area contributed by atoms with Crippen molar-refractivity contribution in [2.24, 2.45) is 11.8 Å². The monoisotopic (exact) mass is 261 g/mol. The molecule has 1 aliphatic carbocycles. The van der Waals surface area contributed by atoms with Crippen LogP contribution in [0, 0.1) is 11.8 Å². The van der Waals surface area contributed by atoms with Gasteiger partial charge in [0.2, 0.25) is 0 Å². The second kappa shape index (κ2) is 3.88. The van der Waals surface area contributed by atoms with Gasteiger partial charge in [-0.25, -0.2) is 15.0 Å². The molecule has 0 spiro atoms. The zero-order valence-corrected chi connectivity index (χ0v) is 10.3. The molecule has 19 heavy (non-hydrogen) atoms. The smallest absolute Gasteiger partial charge is 0.167 e. The van der Waals surface area contributed by atoms with Crippen molar-refractivity contribution < 1.29 is 9.84 Å². The van der Waals surface area contributed by atoms with Crippen LogP contribution in [0.25, 0.3) is 11.2 Å². The number of hydrogen-bond donors (Lipinski definition) is 2. The van der Waals surface area contributed by atoms with Crippen molar-refractivity contribution >= 4 is 17.0 Å². The molecule has 2 unspecified atom stereocenters. The van der Waals surface area contributed by atoms with E-state index in [1.807, 2.05) is 4.57 Å². The Morgan fingerprint density at radius 3 is 2.84 bits per heavy atom. The summed E-state index contributed by atoms with van der Waals surface area (Å²) in [5, 5.41) is 9.37. The minimum absolute atomic E-state index is 0.0691. The Kier molecular flexibility index (Phi) is 2.27. The number of imidazole rings is 1. The summed E-state index contributed by atoms with van der Waals surface area (Å²) in [7, 11) is 0. The number of nitrogens with two attached hydrogens (primary N) is 1. The number of aromatic nitrogens is 4. The number of anilines is 1. The summed E-state index contributed by atoms with van der Waals surface area (Å²) in [5.74, 6) is 1.27. The Bertz CT molecular complexity index is 626. The third kappa shape index (κ3) is 1.42. The van der Waals surface area contributed by atoms with Crippen LogP contribution in [0.2, 0.25) is 0 Å². The highest BCUT2D eigenvalue weighted by Gasteiger charge is 2.50. The summed E-state index contributed by atoms with van der Waals surface area (Å²) in [5.41, 5.74) is 7.09. The number of nitrogen functional groups attached to an aromatic ring is 1. The first kappa shape index (κ1) is 11.1. The van der Waals surface area contributed by atoms with Crippen LogP contribution in [0.1, 0.15) is 19.1 Å². The highest BCUT2D eigenvalue weighted by molar-refractivity contribution is 5.81. The lowest BCUT2D eigenvalue weighted by Crippen LogP contribution is -2.32. The van der Waals surface area contributed by atoms with Crippen LogP contribution in [0.3, 0.4) is 0 Å². The second-order valence-electron chi connectivity index (χ2n) is 5.24. The fourth-order valence-corrected chi connectivity index (χ4v) is 3.25. The number of aliphatic hydroxyl groups is 1. The van der Waals surface area contributed by atoms with E-state index in [0.29, 0.717) is 28.8 Å². The maximum atomic E-state index is 9.37. The molecule has 3 N–H and O–H groups in total. The standard InChI is InChI=1S/C12H15N5O2/c13-10-9-11(15-4-14-10)17(5-16-9)12-7-2-1-6(7)8(3-18)19-12/h4-8,12,18H,1-3H2,(H2,13,14,15)/t6?,7?,8-,12-/m1/s1. The molecule has 2 aromatic heterocycles. The Balaban J connectivity index is 1.77. The summed E-state index contributed by atoms with van der Waals surface area (Å²) >= 11 is 0. The maximum Gasteiger partial charge on any atom is 0.167 e. The SMILES string of the molecule is Nc1ncnc2c1ncn2[C@@H]1O[C@H](CO)C2CCC21. The van der Waals surface area contributed by atoms with Crippen LogP contribution in [-0.4, -0.2) is 37.3 Å². The molecule has 2 fully saturated rings. The average molecular weight is 261 g/mol. The largest absolute Gasteiger partial charge is 0.394 e. The lowest BCUT2D eigenvalue weighted by Gasteiger charge is -2.33. The number of fused-ring (bicyclic) bond motifs is 2. The summed E-state index contributed by atoms with van der Waals surface area (Å²) < 4.78 is 7.88. The van der Waals surface area contributed by atoms with Crippen LogP contribution >= 0.6 is 0 Å². The van der Waals surface area contributed by atoms with E-state index in [4.69, 9.17) is 10.5 Å². The first-order chi connectivity index (χ1) is 9.29. The fraction of sp³-hybridized carbons (Fsp3) is 0.583. The van der Waals surface area contributed by atoms with Gasteiger partial charge in [-0.1, -0.05) is 0 Å². The zero-order chi connectivity index (χ0) is 13.0. The van der Waals surface area contributed by atoms with Crippen molar-refractivity contribution in [2.45, 2.75) is 25.2 Å². The van der Waals surface area contributed by atoms with Crippen LogP contribution in [-0.2, 0) is 4.74 Å². The minimum atomic E-state index is -0.102. The summed E-state index contributed by atoms with van der Waals surface area (Å²) in [6.45, 7) is 0.0709. The lowest BCUT2D eigenvalue weighted by molar-refractivity contribution is -0.0303. The molecule has 1 saturated carbocycles. The highest BCUT2D eigenvalue weighted by atomic mass is 16.5.